The van der Waals surface area contributed by atoms with Crippen molar-refractivity contribution >= 4 is 46.4 Å². The van der Waals surface area contributed by atoms with Crippen LogP contribution in [0.1, 0.15) is 29.4 Å². The zero-order chi connectivity index (χ0) is 18.7. The Labute approximate surface area is 167 Å². The number of hydrogen-bond donors (Lipinski definition) is 1. The fourth-order valence-corrected chi connectivity index (χ4v) is 4.39. The third-order valence-corrected chi connectivity index (χ3v) is 6.33. The van der Waals surface area contributed by atoms with Gasteiger partial charge in [-0.1, -0.05) is 29.3 Å². The summed E-state index contributed by atoms with van der Waals surface area (Å²) in [7, 11) is 0. The van der Waals surface area contributed by atoms with Crippen LogP contribution >= 0.6 is 34.5 Å². The molecule has 1 N–H and O–H groups in total. The first-order valence-electron chi connectivity index (χ1n) is 8.53. The van der Waals surface area contributed by atoms with Crippen molar-refractivity contribution in [2.24, 2.45) is 5.92 Å². The van der Waals surface area contributed by atoms with Crippen LogP contribution in [-0.4, -0.2) is 36.3 Å². The van der Waals surface area contributed by atoms with Crippen molar-refractivity contribution in [2.75, 3.05) is 19.6 Å². The molecule has 0 aliphatic carbocycles. The number of likely N-dealkylation sites (tertiary alicyclic amines) is 1. The van der Waals surface area contributed by atoms with Crippen LogP contribution in [0.5, 0.6) is 0 Å². The van der Waals surface area contributed by atoms with Crippen LogP contribution in [0, 0.1) is 5.92 Å². The summed E-state index contributed by atoms with van der Waals surface area (Å²) in [6.45, 7) is 3.58. The molecular formula is C19H20Cl2N2O2S. The number of nitrogens with zero attached hydrogens (tertiary/aromatic N) is 1. The Morgan fingerprint density at radius 3 is 2.77 bits per heavy atom. The summed E-state index contributed by atoms with van der Waals surface area (Å²) in [6, 6.07) is 9.28. The summed E-state index contributed by atoms with van der Waals surface area (Å²) < 4.78 is 0. The highest BCUT2D eigenvalue weighted by Crippen LogP contribution is 2.33. The average molecular weight is 411 g/mol. The lowest BCUT2D eigenvalue weighted by atomic mass is 9.98. The van der Waals surface area contributed by atoms with Gasteiger partial charge in [-0.25, -0.2) is 0 Å². The van der Waals surface area contributed by atoms with Gasteiger partial charge in [-0.05, 0) is 48.6 Å². The number of carbonyl (C=O) groups excluding carboxylic acids is 2. The maximum Gasteiger partial charge on any atom is 0.263 e. The topological polar surface area (TPSA) is 49.4 Å². The van der Waals surface area contributed by atoms with Crippen molar-refractivity contribution in [3.8, 4) is 10.4 Å². The van der Waals surface area contributed by atoms with Gasteiger partial charge in [-0.3, -0.25) is 9.59 Å². The molecule has 1 aromatic carbocycles. The number of nitrogens with one attached hydrogen (secondary N) is 1. The standard InChI is InChI=1S/C19H20Cl2N2O2S/c1-12(24)22-10-13-3-2-8-23(11-13)19(25)18-7-6-17(26-18)14-4-5-15(20)16(21)9-14/h4-7,9,13H,2-3,8,10-11H2,1H3,(H,22,24). The quantitative estimate of drug-likeness (QED) is 0.792. The summed E-state index contributed by atoms with van der Waals surface area (Å²) in [6.07, 6.45) is 1.99. The number of piperidine rings is 1. The van der Waals surface area contributed by atoms with Crippen LogP contribution < -0.4 is 5.32 Å². The molecule has 138 valence electrons. The van der Waals surface area contributed by atoms with Gasteiger partial charge >= 0.3 is 0 Å². The minimum atomic E-state index is -0.0297. The molecule has 26 heavy (non-hydrogen) atoms. The van der Waals surface area contributed by atoms with Crippen molar-refractivity contribution in [2.45, 2.75) is 19.8 Å². The Morgan fingerprint density at radius 2 is 2.04 bits per heavy atom. The van der Waals surface area contributed by atoms with Crippen LogP contribution in [0.4, 0.5) is 0 Å². The van der Waals surface area contributed by atoms with E-state index in [2.05, 4.69) is 5.32 Å². The van der Waals surface area contributed by atoms with Crippen LogP contribution in [0.2, 0.25) is 10.0 Å². The largest absolute Gasteiger partial charge is 0.356 e. The molecule has 7 heteroatoms. The van der Waals surface area contributed by atoms with Gasteiger partial charge in [-0.2, -0.15) is 0 Å². The Morgan fingerprint density at radius 1 is 1.23 bits per heavy atom. The number of hydrogen-bond acceptors (Lipinski definition) is 3. The molecule has 1 unspecified atom stereocenters. The third kappa shape index (κ3) is 4.58. The second-order valence-corrected chi connectivity index (χ2v) is 8.39. The van der Waals surface area contributed by atoms with E-state index in [9.17, 15) is 9.59 Å². The number of rotatable bonds is 4. The van der Waals surface area contributed by atoms with E-state index >= 15 is 0 Å². The Kier molecular flexibility index (Phi) is 6.22. The van der Waals surface area contributed by atoms with Crippen molar-refractivity contribution < 1.29 is 9.59 Å². The monoisotopic (exact) mass is 410 g/mol. The fourth-order valence-electron chi connectivity index (χ4n) is 3.12. The zero-order valence-corrected chi connectivity index (χ0v) is 16.8. The Balaban J connectivity index is 1.69. The second-order valence-electron chi connectivity index (χ2n) is 6.49. The molecule has 4 nitrogen and oxygen atoms in total. The van der Waals surface area contributed by atoms with Gasteiger partial charge in [0.05, 0.1) is 14.9 Å². The number of amides is 2. The minimum Gasteiger partial charge on any atom is -0.356 e. The molecule has 1 aliphatic rings. The van der Waals surface area contributed by atoms with E-state index < -0.39 is 0 Å². The van der Waals surface area contributed by atoms with E-state index in [0.29, 0.717) is 33.9 Å². The summed E-state index contributed by atoms with van der Waals surface area (Å²) in [5.74, 6) is 0.331. The number of carbonyl (C=O) groups is 2. The molecule has 1 aromatic heterocycles. The molecule has 0 spiro atoms. The van der Waals surface area contributed by atoms with E-state index in [1.165, 1.54) is 18.3 Å². The molecule has 1 saturated heterocycles. The van der Waals surface area contributed by atoms with Crippen molar-refractivity contribution in [3.63, 3.8) is 0 Å². The predicted molar refractivity (Wildman–Crippen MR) is 107 cm³/mol. The van der Waals surface area contributed by atoms with Crippen LogP contribution in [-0.2, 0) is 4.79 Å². The first-order valence-corrected chi connectivity index (χ1v) is 10.1. The van der Waals surface area contributed by atoms with E-state index in [0.717, 1.165) is 29.8 Å². The van der Waals surface area contributed by atoms with Gasteiger partial charge in [-0.15, -0.1) is 11.3 Å². The lowest BCUT2D eigenvalue weighted by Crippen LogP contribution is -2.43. The highest BCUT2D eigenvalue weighted by atomic mass is 35.5. The van der Waals surface area contributed by atoms with Crippen LogP contribution in [0.15, 0.2) is 30.3 Å². The van der Waals surface area contributed by atoms with Gasteiger partial charge in [0.2, 0.25) is 5.91 Å². The summed E-state index contributed by atoms with van der Waals surface area (Å²) in [5.41, 5.74) is 0.950. The lowest BCUT2D eigenvalue weighted by Gasteiger charge is -2.32. The predicted octanol–water partition coefficient (Wildman–Crippen LogP) is 4.71. The molecule has 3 rings (SSSR count). The molecular weight excluding hydrogens is 391 g/mol. The highest BCUT2D eigenvalue weighted by molar-refractivity contribution is 7.17. The first kappa shape index (κ1) is 19.2. The summed E-state index contributed by atoms with van der Waals surface area (Å²) in [4.78, 5) is 27.5. The molecule has 1 aliphatic heterocycles. The lowest BCUT2D eigenvalue weighted by molar-refractivity contribution is -0.119. The molecule has 2 heterocycles. The molecule has 2 amide bonds. The first-order chi connectivity index (χ1) is 12.4. The molecule has 1 atom stereocenters. The van der Waals surface area contributed by atoms with E-state index in [4.69, 9.17) is 23.2 Å². The Bertz CT molecular complexity index is 822. The number of halogens is 2. The van der Waals surface area contributed by atoms with E-state index in [1.54, 1.807) is 6.07 Å². The third-order valence-electron chi connectivity index (χ3n) is 4.47. The van der Waals surface area contributed by atoms with Gasteiger partial charge < -0.3 is 10.2 Å². The minimum absolute atomic E-state index is 0.0297. The maximum atomic E-state index is 12.9. The van der Waals surface area contributed by atoms with Crippen LogP contribution in [0.25, 0.3) is 10.4 Å². The normalized spacial score (nSPS) is 17.2. The zero-order valence-electron chi connectivity index (χ0n) is 14.4. The number of benzene rings is 1. The molecule has 1 fully saturated rings. The fraction of sp³-hybridized carbons (Fsp3) is 0.368. The van der Waals surface area contributed by atoms with Crippen molar-refractivity contribution in [3.05, 3.63) is 45.3 Å². The molecule has 0 bridgehead atoms. The van der Waals surface area contributed by atoms with E-state index in [-0.39, 0.29) is 11.8 Å². The summed E-state index contributed by atoms with van der Waals surface area (Å²) in [5, 5.41) is 3.87. The number of thiophene rings is 1. The Hall–Kier alpha value is -1.56. The molecule has 0 saturated carbocycles. The molecule has 0 radical (unpaired) electrons. The van der Waals surface area contributed by atoms with Crippen molar-refractivity contribution in [1.29, 1.82) is 0 Å². The van der Waals surface area contributed by atoms with Crippen molar-refractivity contribution in [1.82, 2.24) is 10.2 Å². The van der Waals surface area contributed by atoms with Gasteiger partial charge in [0, 0.05) is 31.4 Å². The second kappa shape index (κ2) is 8.42. The highest BCUT2D eigenvalue weighted by Gasteiger charge is 2.25. The van der Waals surface area contributed by atoms with Gasteiger partial charge in [0.25, 0.3) is 5.91 Å². The van der Waals surface area contributed by atoms with Gasteiger partial charge in [0.1, 0.15) is 0 Å². The summed E-state index contributed by atoms with van der Waals surface area (Å²) >= 11 is 13.5. The smallest absolute Gasteiger partial charge is 0.263 e. The maximum absolute atomic E-state index is 12.9. The SMILES string of the molecule is CC(=O)NCC1CCCN(C(=O)c2ccc(-c3ccc(Cl)c(Cl)c3)s2)C1. The average Bonchev–Trinajstić information content (AvgIpc) is 3.12. The molecule has 2 aromatic rings. The van der Waals surface area contributed by atoms with Gasteiger partial charge in [0.15, 0.2) is 0 Å². The van der Waals surface area contributed by atoms with E-state index in [1.807, 2.05) is 29.2 Å². The van der Waals surface area contributed by atoms with Crippen LogP contribution in [0.3, 0.4) is 0 Å².